The molecule has 7 aromatic carbocycles. The van der Waals surface area contributed by atoms with Crippen LogP contribution in [0.1, 0.15) is 162 Å². The molecule has 0 heterocycles. The van der Waals surface area contributed by atoms with Crippen LogP contribution in [0, 0.1) is 71.0 Å². The van der Waals surface area contributed by atoms with Crippen molar-refractivity contribution in [3.8, 4) is 106 Å². The van der Waals surface area contributed by atoms with Crippen LogP contribution in [-0.2, 0) is 0 Å². The Morgan fingerprint density at radius 3 is 0.679 bits per heavy atom. The van der Waals surface area contributed by atoms with E-state index in [9.17, 15) is 14.4 Å². The second-order valence-electron chi connectivity index (χ2n) is 19.3. The summed E-state index contributed by atoms with van der Waals surface area (Å²) in [4.78, 5) is 41.4. The van der Waals surface area contributed by atoms with Gasteiger partial charge < -0.3 is 28.4 Å². The van der Waals surface area contributed by atoms with E-state index < -0.39 is 17.9 Å². The van der Waals surface area contributed by atoms with Crippen molar-refractivity contribution in [3.63, 3.8) is 0 Å². The van der Waals surface area contributed by atoms with Crippen LogP contribution in [0.15, 0.2) is 164 Å². The Balaban J connectivity index is 0.995. The number of benzene rings is 7. The minimum atomic E-state index is -0.841. The van der Waals surface area contributed by atoms with Crippen LogP contribution in [0.25, 0.3) is 0 Å². The van der Waals surface area contributed by atoms with Crippen LogP contribution < -0.4 is 28.4 Å². The number of carbonyl (C=O) groups is 3. The highest BCUT2D eigenvalue weighted by Gasteiger charge is 2.21. The lowest BCUT2D eigenvalue weighted by Gasteiger charge is -2.10. The van der Waals surface area contributed by atoms with Gasteiger partial charge in [-0.05, 0) is 219 Å². The number of carbonyl (C=O) groups excluding carboxylic acids is 3. The number of hydrogen-bond acceptors (Lipinski definition) is 9. The van der Waals surface area contributed by atoms with Crippen LogP contribution in [0.5, 0.6) is 34.5 Å². The average Bonchev–Trinajstić information content (AvgIpc) is 3.69. The molecule has 0 fully saturated rings. The molecule has 420 valence electrons. The summed E-state index contributed by atoms with van der Waals surface area (Å²) in [6.45, 7) is 8.62. The van der Waals surface area contributed by atoms with E-state index in [2.05, 4.69) is 91.8 Å². The summed E-state index contributed by atoms with van der Waals surface area (Å²) < 4.78 is 34.6. The molecule has 7 aromatic rings. The van der Waals surface area contributed by atoms with Crippen molar-refractivity contribution >= 4 is 17.9 Å². The maximum absolute atomic E-state index is 13.8. The van der Waals surface area contributed by atoms with Crippen molar-refractivity contribution in [2.75, 3.05) is 19.8 Å². The van der Waals surface area contributed by atoms with E-state index >= 15 is 0 Å². The molecule has 0 aliphatic carbocycles. The highest BCUT2D eigenvalue weighted by Crippen LogP contribution is 2.22. The number of esters is 3. The predicted molar refractivity (Wildman–Crippen MR) is 330 cm³/mol. The monoisotopic (exact) mass is 1110 g/mol. The molecule has 0 aliphatic rings. The molecule has 9 heteroatoms. The van der Waals surface area contributed by atoms with E-state index in [4.69, 9.17) is 28.4 Å². The Labute approximate surface area is 495 Å². The zero-order valence-electron chi connectivity index (χ0n) is 47.9. The number of hydrogen-bond donors (Lipinski definition) is 0. The van der Waals surface area contributed by atoms with Gasteiger partial charge in [0.2, 0.25) is 0 Å². The Morgan fingerprint density at radius 2 is 0.476 bits per heavy atom. The predicted octanol–water partition coefficient (Wildman–Crippen LogP) is 15.4. The largest absolute Gasteiger partial charge is 0.494 e. The highest BCUT2D eigenvalue weighted by molar-refractivity contribution is 6.02. The van der Waals surface area contributed by atoms with E-state index in [-0.39, 0.29) is 33.9 Å². The van der Waals surface area contributed by atoms with Gasteiger partial charge in [-0.3, -0.25) is 0 Å². The van der Waals surface area contributed by atoms with Gasteiger partial charge in [-0.15, -0.1) is 0 Å². The fraction of sp³-hybridized carbons (Fsp3) is 0.240. The van der Waals surface area contributed by atoms with Crippen LogP contribution in [-0.4, -0.2) is 37.7 Å². The standard InChI is InChI=1S/C75H66O9/c1-4-7-10-19-52-79-67-40-28-58(29-41-67)22-13-16-25-61-34-46-70(47-35-61)82-73(76)64-55-65(74(77)83-71-48-36-62(37-49-71)26-17-14-23-59-30-42-68(43-31-59)80-53-20-11-8-5-2)57-66(56-64)75(78)84-72-50-38-63(39-51-72)27-18-15-24-60-32-44-69(45-33-60)81-54-21-12-9-6-3/h28-51,55-57H,4-12,19-21,52-54H2,1-3H3. The molecule has 0 aliphatic heterocycles. The molecule has 0 unspecified atom stereocenters. The lowest BCUT2D eigenvalue weighted by atomic mass is 10.1. The lowest BCUT2D eigenvalue weighted by molar-refractivity contribution is 0.0734. The molecular weight excluding hydrogens is 1040 g/mol. The Morgan fingerprint density at radius 1 is 0.274 bits per heavy atom. The first-order valence-corrected chi connectivity index (χ1v) is 28.6. The topological polar surface area (TPSA) is 107 Å². The molecule has 0 amide bonds. The molecule has 7 rings (SSSR count). The number of ether oxygens (including phenoxy) is 6. The molecule has 0 saturated carbocycles. The van der Waals surface area contributed by atoms with Gasteiger partial charge in [0.05, 0.1) is 36.5 Å². The summed E-state index contributed by atoms with van der Waals surface area (Å²) in [7, 11) is 0. The smallest absolute Gasteiger partial charge is 0.343 e. The van der Waals surface area contributed by atoms with E-state index in [1.165, 1.54) is 56.7 Å². The SMILES string of the molecule is CCCCCCOc1ccc(C#CC#Cc2ccc(OC(=O)c3cc(C(=O)Oc4ccc(C#CC#Cc5ccc(OCCCCCC)cc5)cc4)cc(C(=O)Oc4ccc(C#CC#Cc5ccc(OCCCCCC)cc5)cc4)c3)cc2)cc1. The molecule has 0 radical (unpaired) electrons. The first-order chi connectivity index (χ1) is 41.2. The van der Waals surface area contributed by atoms with Crippen molar-refractivity contribution < 1.29 is 42.8 Å². The second-order valence-corrected chi connectivity index (χ2v) is 19.3. The molecule has 9 nitrogen and oxygen atoms in total. The summed E-state index contributed by atoms with van der Waals surface area (Å²) in [6, 6.07) is 46.3. The first-order valence-electron chi connectivity index (χ1n) is 28.6. The second kappa shape index (κ2) is 34.8. The van der Waals surface area contributed by atoms with Gasteiger partial charge in [0.15, 0.2) is 0 Å². The Kier molecular flexibility index (Phi) is 25.4. The van der Waals surface area contributed by atoms with E-state index in [1.807, 2.05) is 72.8 Å². The first kappa shape index (κ1) is 61.3. The average molecular weight is 1110 g/mol. The summed E-state index contributed by atoms with van der Waals surface area (Å²) in [6.07, 6.45) is 13.7. The molecular formula is C75H66O9. The van der Waals surface area contributed by atoms with Gasteiger partial charge in [0.1, 0.15) is 34.5 Å². The minimum Gasteiger partial charge on any atom is -0.494 e. The zero-order chi connectivity index (χ0) is 58.8. The number of rotatable bonds is 24. The molecule has 0 saturated heterocycles. The van der Waals surface area contributed by atoms with Crippen molar-refractivity contribution in [3.05, 3.63) is 214 Å². The normalized spacial score (nSPS) is 9.89. The van der Waals surface area contributed by atoms with E-state index in [1.54, 1.807) is 72.8 Å². The maximum atomic E-state index is 13.8. The molecule has 0 spiro atoms. The van der Waals surface area contributed by atoms with Crippen LogP contribution in [0.4, 0.5) is 0 Å². The molecule has 0 aromatic heterocycles. The Hall–Kier alpha value is -10.3. The molecule has 0 bridgehead atoms. The van der Waals surface area contributed by atoms with Gasteiger partial charge >= 0.3 is 17.9 Å². The summed E-state index contributed by atoms with van der Waals surface area (Å²) in [5, 5.41) is 0. The molecule has 84 heavy (non-hydrogen) atoms. The van der Waals surface area contributed by atoms with Crippen LogP contribution in [0.2, 0.25) is 0 Å². The van der Waals surface area contributed by atoms with Crippen molar-refractivity contribution in [1.29, 1.82) is 0 Å². The third-order valence-corrected chi connectivity index (χ3v) is 12.6. The number of unbranched alkanes of at least 4 members (excludes halogenated alkanes) is 9. The quantitative estimate of drug-likeness (QED) is 0.0253. The molecule has 0 atom stereocenters. The van der Waals surface area contributed by atoms with Gasteiger partial charge in [-0.1, -0.05) is 114 Å². The fourth-order valence-electron chi connectivity index (χ4n) is 7.98. The minimum absolute atomic E-state index is 0.107. The third kappa shape index (κ3) is 22.0. The van der Waals surface area contributed by atoms with E-state index in [0.29, 0.717) is 36.5 Å². The summed E-state index contributed by atoms with van der Waals surface area (Å²) in [5.74, 6) is 35.8. The van der Waals surface area contributed by atoms with Gasteiger partial charge in [-0.2, -0.15) is 0 Å². The fourth-order valence-corrected chi connectivity index (χ4v) is 7.98. The van der Waals surface area contributed by atoms with Crippen molar-refractivity contribution in [2.24, 2.45) is 0 Å². The maximum Gasteiger partial charge on any atom is 0.343 e. The van der Waals surface area contributed by atoms with Crippen LogP contribution in [0.3, 0.4) is 0 Å². The van der Waals surface area contributed by atoms with E-state index in [0.717, 1.165) is 72.5 Å². The van der Waals surface area contributed by atoms with Gasteiger partial charge in [0, 0.05) is 33.4 Å². The summed E-state index contributed by atoms with van der Waals surface area (Å²) >= 11 is 0. The summed E-state index contributed by atoms with van der Waals surface area (Å²) in [5.41, 5.74) is 4.02. The Bertz CT molecular complexity index is 3270. The zero-order valence-corrected chi connectivity index (χ0v) is 47.9. The van der Waals surface area contributed by atoms with Gasteiger partial charge in [-0.25, -0.2) is 14.4 Å². The van der Waals surface area contributed by atoms with Crippen molar-refractivity contribution in [2.45, 2.75) is 97.8 Å². The molecule has 0 N–H and O–H groups in total. The van der Waals surface area contributed by atoms with Gasteiger partial charge in [0.25, 0.3) is 0 Å². The van der Waals surface area contributed by atoms with Crippen LogP contribution >= 0.6 is 0 Å². The highest BCUT2D eigenvalue weighted by atomic mass is 16.5. The lowest BCUT2D eigenvalue weighted by Crippen LogP contribution is -2.16. The third-order valence-electron chi connectivity index (χ3n) is 12.6. The van der Waals surface area contributed by atoms with Crippen molar-refractivity contribution in [1.82, 2.24) is 0 Å².